The Morgan fingerprint density at radius 1 is 1.03 bits per heavy atom. The fourth-order valence-electron chi connectivity index (χ4n) is 2.80. The molecule has 0 aliphatic rings. The molecule has 0 amide bonds. The minimum Gasteiger partial charge on any atom is -0.493 e. The van der Waals surface area contributed by atoms with Crippen LogP contribution in [0.15, 0.2) is 59.1 Å². The van der Waals surface area contributed by atoms with Crippen LogP contribution in [0.1, 0.15) is 22.6 Å². The molecule has 7 nitrogen and oxygen atoms in total. The second kappa shape index (κ2) is 10.9. The normalized spacial score (nSPS) is 10.8. The maximum atomic E-state index is 11.9. The van der Waals surface area contributed by atoms with E-state index in [9.17, 15) is 4.79 Å². The number of rotatable bonds is 10. The summed E-state index contributed by atoms with van der Waals surface area (Å²) < 4.78 is 27.1. The number of carbonyl (C=O) groups is 1. The second-order valence-electron chi connectivity index (χ2n) is 6.66. The van der Waals surface area contributed by atoms with Gasteiger partial charge in [-0.05, 0) is 49.8 Å². The Kier molecular flexibility index (Phi) is 7.70. The van der Waals surface area contributed by atoms with Gasteiger partial charge in [0, 0.05) is 6.08 Å². The third-order valence-electron chi connectivity index (χ3n) is 4.49. The van der Waals surface area contributed by atoms with Crippen LogP contribution in [0.3, 0.4) is 0 Å². The molecule has 0 spiro atoms. The third-order valence-corrected chi connectivity index (χ3v) is 4.49. The Bertz CT molecular complexity index is 1010. The minimum atomic E-state index is -0.450. The molecule has 3 rings (SSSR count). The summed E-state index contributed by atoms with van der Waals surface area (Å²) in [5, 5.41) is 3.92. The smallest absolute Gasteiger partial charge is 0.330 e. The Morgan fingerprint density at radius 2 is 1.84 bits per heavy atom. The first-order chi connectivity index (χ1) is 15.1. The average molecular weight is 423 g/mol. The predicted molar refractivity (Wildman–Crippen MR) is 115 cm³/mol. The Hall–Kier alpha value is -3.74. The van der Waals surface area contributed by atoms with Crippen LogP contribution in [-0.2, 0) is 16.1 Å². The monoisotopic (exact) mass is 423 g/mol. The molecule has 7 heteroatoms. The zero-order valence-electron chi connectivity index (χ0n) is 17.8. The minimum absolute atomic E-state index is 0.163. The molecule has 3 aromatic rings. The van der Waals surface area contributed by atoms with Crippen LogP contribution in [0.4, 0.5) is 0 Å². The lowest BCUT2D eigenvalue weighted by atomic mass is 10.2. The van der Waals surface area contributed by atoms with E-state index in [2.05, 4.69) is 5.16 Å². The fourth-order valence-corrected chi connectivity index (χ4v) is 2.80. The molecule has 2 aromatic carbocycles. The zero-order chi connectivity index (χ0) is 22.1. The summed E-state index contributed by atoms with van der Waals surface area (Å²) in [4.78, 5) is 11.9. The zero-order valence-corrected chi connectivity index (χ0v) is 17.8. The fraction of sp³-hybridized carbons (Fsp3) is 0.250. The maximum Gasteiger partial charge on any atom is 0.330 e. The van der Waals surface area contributed by atoms with E-state index in [0.717, 1.165) is 28.3 Å². The molecule has 0 N–H and O–H groups in total. The van der Waals surface area contributed by atoms with E-state index in [1.54, 1.807) is 25.3 Å². The van der Waals surface area contributed by atoms with Gasteiger partial charge in [-0.25, -0.2) is 4.79 Å². The van der Waals surface area contributed by atoms with Gasteiger partial charge < -0.3 is 23.5 Å². The van der Waals surface area contributed by atoms with Crippen LogP contribution < -0.4 is 14.2 Å². The molecule has 162 valence electrons. The highest BCUT2D eigenvalue weighted by atomic mass is 16.6. The predicted octanol–water partition coefficient (Wildman–Crippen LogP) is 4.51. The van der Waals surface area contributed by atoms with Crippen molar-refractivity contribution in [3.8, 4) is 17.2 Å². The number of benzene rings is 2. The molecular formula is C24H25NO6. The van der Waals surface area contributed by atoms with E-state index in [4.69, 9.17) is 23.5 Å². The molecule has 0 aliphatic heterocycles. The quantitative estimate of drug-likeness (QED) is 0.270. The number of methoxy groups -OCH3 is 1. The largest absolute Gasteiger partial charge is 0.493 e. The second-order valence-corrected chi connectivity index (χ2v) is 6.66. The summed E-state index contributed by atoms with van der Waals surface area (Å²) in [6.45, 7) is 4.48. The number of para-hydroxylation sites is 1. The number of carbonyl (C=O) groups excluding carboxylic acids is 1. The highest BCUT2D eigenvalue weighted by Crippen LogP contribution is 2.30. The Balaban J connectivity index is 1.50. The summed E-state index contributed by atoms with van der Waals surface area (Å²) in [6.07, 6.45) is 3.02. The third kappa shape index (κ3) is 6.37. The first-order valence-electron chi connectivity index (χ1n) is 9.82. The van der Waals surface area contributed by atoms with Crippen molar-refractivity contribution >= 4 is 12.0 Å². The summed E-state index contributed by atoms with van der Waals surface area (Å²) in [7, 11) is 1.56. The van der Waals surface area contributed by atoms with Crippen molar-refractivity contribution in [1.29, 1.82) is 0 Å². The van der Waals surface area contributed by atoms with Gasteiger partial charge in [0.25, 0.3) is 0 Å². The van der Waals surface area contributed by atoms with E-state index in [0.29, 0.717) is 18.1 Å². The lowest BCUT2D eigenvalue weighted by molar-refractivity contribution is -0.138. The molecule has 0 saturated heterocycles. The van der Waals surface area contributed by atoms with E-state index >= 15 is 0 Å². The van der Waals surface area contributed by atoms with Gasteiger partial charge >= 0.3 is 5.97 Å². The standard InChI is InChI=1S/C24H25NO6/c1-17-21(18(2)31-25-17)16-30-22-11-9-19(15-23(22)27-3)10-12-24(26)29-14-13-28-20-7-5-4-6-8-20/h4-12,15H,13-14,16H2,1-3H3/b12-10+. The van der Waals surface area contributed by atoms with Crippen LogP contribution >= 0.6 is 0 Å². The van der Waals surface area contributed by atoms with Crippen LogP contribution in [0.25, 0.3) is 6.08 Å². The highest BCUT2D eigenvalue weighted by Gasteiger charge is 2.12. The van der Waals surface area contributed by atoms with E-state index in [1.807, 2.05) is 50.2 Å². The molecule has 0 radical (unpaired) electrons. The van der Waals surface area contributed by atoms with Gasteiger partial charge in [0.2, 0.25) is 0 Å². The van der Waals surface area contributed by atoms with Crippen molar-refractivity contribution in [2.75, 3.05) is 20.3 Å². The average Bonchev–Trinajstić information content (AvgIpc) is 3.12. The van der Waals surface area contributed by atoms with Gasteiger partial charge in [-0.3, -0.25) is 0 Å². The van der Waals surface area contributed by atoms with Crippen molar-refractivity contribution in [3.05, 3.63) is 77.2 Å². The number of esters is 1. The van der Waals surface area contributed by atoms with Crippen LogP contribution in [-0.4, -0.2) is 31.4 Å². The maximum absolute atomic E-state index is 11.9. The molecule has 0 fully saturated rings. The molecule has 0 saturated carbocycles. The van der Waals surface area contributed by atoms with Gasteiger partial charge in [-0.2, -0.15) is 0 Å². The number of hydrogen-bond donors (Lipinski definition) is 0. The van der Waals surface area contributed by atoms with E-state index in [-0.39, 0.29) is 13.2 Å². The molecule has 0 atom stereocenters. The lowest BCUT2D eigenvalue weighted by Gasteiger charge is -2.11. The van der Waals surface area contributed by atoms with Gasteiger partial charge in [-0.1, -0.05) is 29.4 Å². The van der Waals surface area contributed by atoms with E-state index in [1.165, 1.54) is 6.08 Å². The number of aryl methyl sites for hydroxylation is 2. The molecular weight excluding hydrogens is 398 g/mol. The number of hydrogen-bond acceptors (Lipinski definition) is 7. The molecule has 1 heterocycles. The van der Waals surface area contributed by atoms with Gasteiger partial charge in [0.1, 0.15) is 31.3 Å². The van der Waals surface area contributed by atoms with Crippen LogP contribution in [0.2, 0.25) is 0 Å². The van der Waals surface area contributed by atoms with Crippen molar-refractivity contribution in [2.24, 2.45) is 0 Å². The molecule has 0 unspecified atom stereocenters. The highest BCUT2D eigenvalue weighted by molar-refractivity contribution is 5.87. The van der Waals surface area contributed by atoms with Crippen molar-refractivity contribution < 1.29 is 28.3 Å². The summed E-state index contributed by atoms with van der Waals surface area (Å²) in [5.74, 6) is 2.15. The summed E-state index contributed by atoms with van der Waals surface area (Å²) in [5.41, 5.74) is 2.48. The summed E-state index contributed by atoms with van der Waals surface area (Å²) in [6, 6.07) is 14.8. The molecule has 31 heavy (non-hydrogen) atoms. The number of nitrogens with zero attached hydrogens (tertiary/aromatic N) is 1. The topological polar surface area (TPSA) is 80.0 Å². The van der Waals surface area contributed by atoms with Gasteiger partial charge in [0.05, 0.1) is 18.4 Å². The SMILES string of the molecule is COc1cc(/C=C/C(=O)OCCOc2ccccc2)ccc1OCc1c(C)noc1C. The molecule has 0 bridgehead atoms. The Labute approximate surface area is 181 Å². The molecule has 0 aliphatic carbocycles. The number of aromatic nitrogens is 1. The molecule has 1 aromatic heterocycles. The first-order valence-corrected chi connectivity index (χ1v) is 9.82. The number of ether oxygens (including phenoxy) is 4. The first kappa shape index (κ1) is 22.0. The summed E-state index contributed by atoms with van der Waals surface area (Å²) >= 11 is 0. The van der Waals surface area contributed by atoms with Crippen molar-refractivity contribution in [3.63, 3.8) is 0 Å². The van der Waals surface area contributed by atoms with Crippen LogP contribution in [0, 0.1) is 13.8 Å². The van der Waals surface area contributed by atoms with Gasteiger partial charge in [-0.15, -0.1) is 0 Å². The Morgan fingerprint density at radius 3 is 2.55 bits per heavy atom. The van der Waals surface area contributed by atoms with Crippen molar-refractivity contribution in [1.82, 2.24) is 5.16 Å². The van der Waals surface area contributed by atoms with Gasteiger partial charge in [0.15, 0.2) is 11.5 Å². The van der Waals surface area contributed by atoms with E-state index < -0.39 is 5.97 Å². The van der Waals surface area contributed by atoms with Crippen LogP contribution in [0.5, 0.6) is 17.2 Å². The van der Waals surface area contributed by atoms with Crippen molar-refractivity contribution in [2.45, 2.75) is 20.5 Å². The lowest BCUT2D eigenvalue weighted by Crippen LogP contribution is -2.10.